The number of nitrogens with zero attached hydrogens (tertiary/aromatic N) is 3. The number of carbonyl (C=O) groups is 1. The van der Waals surface area contributed by atoms with Gasteiger partial charge < -0.3 is 14.7 Å². The Morgan fingerprint density at radius 1 is 1.35 bits per heavy atom. The van der Waals surface area contributed by atoms with Gasteiger partial charge in [-0.05, 0) is 25.3 Å². The van der Waals surface area contributed by atoms with E-state index in [2.05, 4.69) is 9.97 Å². The van der Waals surface area contributed by atoms with Crippen molar-refractivity contribution >= 4 is 11.9 Å². The Kier molecular flexibility index (Phi) is 4.41. The van der Waals surface area contributed by atoms with E-state index in [1.54, 1.807) is 11.0 Å². The van der Waals surface area contributed by atoms with Crippen molar-refractivity contribution in [3.05, 3.63) is 47.7 Å². The minimum atomic E-state index is -0.834. The van der Waals surface area contributed by atoms with Crippen LogP contribution in [0, 0.1) is 6.92 Å². The minimum Gasteiger partial charge on any atom is -0.480 e. The van der Waals surface area contributed by atoms with Crippen LogP contribution in [0.4, 0.5) is 5.95 Å². The summed E-state index contributed by atoms with van der Waals surface area (Å²) in [7, 11) is 0. The number of hydrogen-bond acceptors (Lipinski definition) is 5. The molecule has 2 heterocycles. The summed E-state index contributed by atoms with van der Waals surface area (Å²) >= 11 is 0. The Morgan fingerprint density at radius 3 is 2.87 bits per heavy atom. The number of aliphatic carboxylic acids is 1. The molecule has 1 saturated heterocycles. The molecule has 6 heteroatoms. The van der Waals surface area contributed by atoms with E-state index in [1.807, 2.05) is 37.3 Å². The third kappa shape index (κ3) is 3.59. The van der Waals surface area contributed by atoms with E-state index >= 15 is 0 Å². The molecular formula is C17H19N3O3. The maximum atomic E-state index is 11.3. The zero-order valence-corrected chi connectivity index (χ0v) is 13.0. The maximum absolute atomic E-state index is 11.3. The van der Waals surface area contributed by atoms with E-state index in [4.69, 9.17) is 4.74 Å². The van der Waals surface area contributed by atoms with Crippen molar-refractivity contribution in [1.29, 1.82) is 0 Å². The smallest absolute Gasteiger partial charge is 0.326 e. The molecule has 1 atom stereocenters. The van der Waals surface area contributed by atoms with Crippen molar-refractivity contribution in [3.8, 4) is 5.88 Å². The summed E-state index contributed by atoms with van der Waals surface area (Å²) in [6.45, 7) is 2.92. The number of carboxylic acid groups (broad SMARTS) is 1. The van der Waals surface area contributed by atoms with Gasteiger partial charge in [-0.15, -0.1) is 0 Å². The molecule has 3 rings (SSSR count). The lowest BCUT2D eigenvalue weighted by atomic mass is 10.2. The van der Waals surface area contributed by atoms with Gasteiger partial charge >= 0.3 is 5.97 Å². The average molecular weight is 313 g/mol. The summed E-state index contributed by atoms with van der Waals surface area (Å²) in [5.41, 5.74) is 1.81. The SMILES string of the molecule is Cc1cc(OCc2ccccc2)nc(N2CCC[C@H]2C(=O)O)n1. The van der Waals surface area contributed by atoms with E-state index in [1.165, 1.54) is 0 Å². The standard InChI is InChI=1S/C17H19N3O3/c1-12-10-15(23-11-13-6-3-2-4-7-13)19-17(18-12)20-9-5-8-14(20)16(21)22/h2-4,6-7,10,14H,5,8-9,11H2,1H3,(H,21,22)/t14-/m0/s1. The van der Waals surface area contributed by atoms with Gasteiger partial charge in [0.2, 0.25) is 11.8 Å². The van der Waals surface area contributed by atoms with Crippen LogP contribution in [-0.2, 0) is 11.4 Å². The van der Waals surface area contributed by atoms with Crippen LogP contribution in [0.25, 0.3) is 0 Å². The number of aromatic nitrogens is 2. The molecule has 120 valence electrons. The van der Waals surface area contributed by atoms with Gasteiger partial charge in [-0.3, -0.25) is 0 Å². The minimum absolute atomic E-state index is 0.416. The highest BCUT2D eigenvalue weighted by atomic mass is 16.5. The fourth-order valence-corrected chi connectivity index (χ4v) is 2.72. The summed E-state index contributed by atoms with van der Waals surface area (Å²) in [6.07, 6.45) is 1.45. The van der Waals surface area contributed by atoms with Crippen LogP contribution in [-0.4, -0.2) is 33.6 Å². The molecule has 0 bridgehead atoms. The van der Waals surface area contributed by atoms with Gasteiger partial charge in [0.15, 0.2) is 0 Å². The maximum Gasteiger partial charge on any atom is 0.326 e. The number of benzene rings is 1. The van der Waals surface area contributed by atoms with Gasteiger partial charge in [-0.1, -0.05) is 30.3 Å². The van der Waals surface area contributed by atoms with Gasteiger partial charge in [-0.2, -0.15) is 4.98 Å². The van der Waals surface area contributed by atoms with E-state index in [9.17, 15) is 9.90 Å². The highest BCUT2D eigenvalue weighted by molar-refractivity contribution is 5.78. The molecule has 1 N–H and O–H groups in total. The predicted octanol–water partition coefficient (Wildman–Crippen LogP) is 2.42. The number of ether oxygens (including phenoxy) is 1. The average Bonchev–Trinajstić information content (AvgIpc) is 3.03. The number of hydrogen-bond donors (Lipinski definition) is 1. The summed E-state index contributed by atoms with van der Waals surface area (Å²) in [4.78, 5) is 21.8. The zero-order chi connectivity index (χ0) is 16.2. The molecule has 0 aliphatic carbocycles. The first-order chi connectivity index (χ1) is 11.1. The second-order valence-corrected chi connectivity index (χ2v) is 5.61. The zero-order valence-electron chi connectivity index (χ0n) is 13.0. The molecular weight excluding hydrogens is 294 g/mol. The molecule has 0 unspecified atom stereocenters. The van der Waals surface area contributed by atoms with Crippen molar-refractivity contribution in [2.45, 2.75) is 32.4 Å². The molecule has 1 fully saturated rings. The third-order valence-electron chi connectivity index (χ3n) is 3.84. The van der Waals surface area contributed by atoms with Crippen molar-refractivity contribution in [2.75, 3.05) is 11.4 Å². The Hall–Kier alpha value is -2.63. The highest BCUT2D eigenvalue weighted by Gasteiger charge is 2.32. The first kappa shape index (κ1) is 15.3. The molecule has 1 aliphatic rings. The molecule has 0 spiro atoms. The molecule has 1 aromatic carbocycles. The Balaban J connectivity index is 1.78. The summed E-state index contributed by atoms with van der Waals surface area (Å²) < 4.78 is 5.74. The lowest BCUT2D eigenvalue weighted by Gasteiger charge is -2.22. The Morgan fingerprint density at radius 2 is 2.13 bits per heavy atom. The topological polar surface area (TPSA) is 75.5 Å². The number of rotatable bonds is 5. The molecule has 6 nitrogen and oxygen atoms in total. The number of aryl methyl sites for hydroxylation is 1. The summed E-state index contributed by atoms with van der Waals surface area (Å²) in [5, 5.41) is 9.31. The van der Waals surface area contributed by atoms with Crippen molar-refractivity contribution in [3.63, 3.8) is 0 Å². The first-order valence-electron chi connectivity index (χ1n) is 7.65. The van der Waals surface area contributed by atoms with E-state index in [0.717, 1.165) is 17.7 Å². The number of carboxylic acids is 1. The monoisotopic (exact) mass is 313 g/mol. The highest BCUT2D eigenvalue weighted by Crippen LogP contribution is 2.25. The molecule has 0 amide bonds. The summed E-state index contributed by atoms with van der Waals surface area (Å²) in [5.74, 6) is 0.0599. The molecule has 1 aliphatic heterocycles. The van der Waals surface area contributed by atoms with Gasteiger partial charge in [0, 0.05) is 18.3 Å². The molecule has 0 saturated carbocycles. The van der Waals surface area contributed by atoms with Crippen molar-refractivity contribution in [1.82, 2.24) is 9.97 Å². The lowest BCUT2D eigenvalue weighted by Crippen LogP contribution is -2.37. The van der Waals surface area contributed by atoms with E-state index in [0.29, 0.717) is 31.4 Å². The van der Waals surface area contributed by atoms with Gasteiger partial charge in [-0.25, -0.2) is 9.78 Å². The fourth-order valence-electron chi connectivity index (χ4n) is 2.72. The van der Waals surface area contributed by atoms with Crippen LogP contribution in [0.2, 0.25) is 0 Å². The molecule has 23 heavy (non-hydrogen) atoms. The van der Waals surface area contributed by atoms with Crippen LogP contribution in [0.1, 0.15) is 24.1 Å². The Bertz CT molecular complexity index is 691. The van der Waals surface area contributed by atoms with Crippen LogP contribution in [0.3, 0.4) is 0 Å². The van der Waals surface area contributed by atoms with Crippen molar-refractivity contribution < 1.29 is 14.6 Å². The Labute approximate surface area is 134 Å². The lowest BCUT2D eigenvalue weighted by molar-refractivity contribution is -0.138. The molecule has 2 aromatic rings. The van der Waals surface area contributed by atoms with Crippen LogP contribution >= 0.6 is 0 Å². The molecule has 0 radical (unpaired) electrons. The predicted molar refractivity (Wildman–Crippen MR) is 85.5 cm³/mol. The number of anilines is 1. The molecule has 1 aromatic heterocycles. The van der Waals surface area contributed by atoms with Gasteiger partial charge in [0.1, 0.15) is 12.6 Å². The van der Waals surface area contributed by atoms with E-state index in [-0.39, 0.29) is 0 Å². The third-order valence-corrected chi connectivity index (χ3v) is 3.84. The quantitative estimate of drug-likeness (QED) is 0.913. The van der Waals surface area contributed by atoms with E-state index < -0.39 is 12.0 Å². The normalized spacial score (nSPS) is 17.3. The van der Waals surface area contributed by atoms with Gasteiger partial charge in [0.25, 0.3) is 0 Å². The van der Waals surface area contributed by atoms with Crippen LogP contribution in [0.5, 0.6) is 5.88 Å². The van der Waals surface area contributed by atoms with Crippen LogP contribution in [0.15, 0.2) is 36.4 Å². The van der Waals surface area contributed by atoms with Crippen molar-refractivity contribution in [2.24, 2.45) is 0 Å². The van der Waals surface area contributed by atoms with Gasteiger partial charge in [0.05, 0.1) is 0 Å². The van der Waals surface area contributed by atoms with Crippen LogP contribution < -0.4 is 9.64 Å². The largest absolute Gasteiger partial charge is 0.480 e. The first-order valence-corrected chi connectivity index (χ1v) is 7.65. The summed E-state index contributed by atoms with van der Waals surface area (Å²) in [6, 6.07) is 11.0. The second kappa shape index (κ2) is 6.64. The second-order valence-electron chi connectivity index (χ2n) is 5.61. The fraction of sp³-hybridized carbons (Fsp3) is 0.353.